The van der Waals surface area contributed by atoms with Crippen LogP contribution < -0.4 is 10.1 Å². The van der Waals surface area contributed by atoms with E-state index in [1.807, 2.05) is 32.4 Å². The molecule has 0 amide bonds. The van der Waals surface area contributed by atoms with Gasteiger partial charge in [0, 0.05) is 38.1 Å². The van der Waals surface area contributed by atoms with Crippen LogP contribution in [0.2, 0.25) is 0 Å². The Labute approximate surface area is 209 Å². The fourth-order valence-electron chi connectivity index (χ4n) is 3.50. The Kier molecular flexibility index (Phi) is 9.01. The van der Waals surface area contributed by atoms with E-state index < -0.39 is 5.82 Å². The second kappa shape index (κ2) is 11.9. The van der Waals surface area contributed by atoms with Crippen molar-refractivity contribution in [1.29, 1.82) is 0 Å². The molecule has 3 heterocycles. The van der Waals surface area contributed by atoms with Gasteiger partial charge >= 0.3 is 0 Å². The summed E-state index contributed by atoms with van der Waals surface area (Å²) in [6, 6.07) is 8.36. The molecule has 8 nitrogen and oxygen atoms in total. The van der Waals surface area contributed by atoms with Crippen molar-refractivity contribution in [2.75, 3.05) is 26.2 Å². The summed E-state index contributed by atoms with van der Waals surface area (Å²) in [5.74, 6) is 0.988. The van der Waals surface area contributed by atoms with E-state index in [4.69, 9.17) is 14.5 Å². The lowest BCUT2D eigenvalue weighted by molar-refractivity contribution is -0.00805. The van der Waals surface area contributed by atoms with Gasteiger partial charge < -0.3 is 19.7 Å². The van der Waals surface area contributed by atoms with Gasteiger partial charge in [0.1, 0.15) is 11.9 Å². The zero-order valence-electron chi connectivity index (χ0n) is 18.6. The van der Waals surface area contributed by atoms with Gasteiger partial charge in [0.2, 0.25) is 0 Å². The topological polar surface area (TPSA) is 76.8 Å². The minimum absolute atomic E-state index is 0. The summed E-state index contributed by atoms with van der Waals surface area (Å²) in [5, 5.41) is 7.57. The van der Waals surface area contributed by atoms with E-state index in [-0.39, 0.29) is 35.8 Å². The Morgan fingerprint density at radius 1 is 1.33 bits per heavy atom. The minimum atomic E-state index is -0.436. The summed E-state index contributed by atoms with van der Waals surface area (Å²) in [6.07, 6.45) is 6.91. The zero-order chi connectivity index (χ0) is 22.3. The fraction of sp³-hybridized carbons (Fsp3) is 0.348. The fourth-order valence-corrected chi connectivity index (χ4v) is 3.50. The molecule has 0 radical (unpaired) electrons. The van der Waals surface area contributed by atoms with Gasteiger partial charge in [-0.05, 0) is 36.8 Å². The van der Waals surface area contributed by atoms with Crippen LogP contribution in [-0.2, 0) is 18.3 Å². The summed E-state index contributed by atoms with van der Waals surface area (Å²) < 4.78 is 27.8. The van der Waals surface area contributed by atoms with Gasteiger partial charge in [0.15, 0.2) is 17.5 Å². The van der Waals surface area contributed by atoms with Gasteiger partial charge in [-0.3, -0.25) is 9.67 Å². The number of halogens is 2. The SMILES string of the molecule is CCNC(=NCc1ccc(Oc2cccnc2)c(F)c1)N1CCOC(c2cnn(C)c2)C1.I. The molecule has 0 spiro atoms. The normalized spacial score (nSPS) is 16.3. The number of ether oxygens (including phenoxy) is 2. The molecule has 1 unspecified atom stereocenters. The molecule has 0 saturated carbocycles. The number of guanidine groups is 1. The predicted octanol–water partition coefficient (Wildman–Crippen LogP) is 3.90. The molecular weight excluding hydrogens is 538 g/mol. The molecule has 0 bridgehead atoms. The molecular formula is C23H28FIN6O2. The summed E-state index contributed by atoms with van der Waals surface area (Å²) in [5.41, 5.74) is 1.80. The van der Waals surface area contributed by atoms with Crippen molar-refractivity contribution in [3.05, 3.63) is 72.1 Å². The molecule has 1 aliphatic heterocycles. The molecule has 2 aromatic heterocycles. The number of hydrogen-bond acceptors (Lipinski definition) is 5. The van der Waals surface area contributed by atoms with Crippen LogP contribution in [0.4, 0.5) is 4.39 Å². The minimum Gasteiger partial charge on any atom is -0.453 e. The Morgan fingerprint density at radius 3 is 2.91 bits per heavy atom. The van der Waals surface area contributed by atoms with E-state index in [1.165, 1.54) is 6.07 Å². The quantitative estimate of drug-likeness (QED) is 0.277. The lowest BCUT2D eigenvalue weighted by Crippen LogP contribution is -2.48. The van der Waals surface area contributed by atoms with Gasteiger partial charge in [0.05, 0.1) is 32.1 Å². The molecule has 1 N–H and O–H groups in total. The molecule has 176 valence electrons. The Hall–Kier alpha value is -2.73. The molecule has 1 fully saturated rings. The first-order valence-electron chi connectivity index (χ1n) is 10.6. The van der Waals surface area contributed by atoms with Crippen molar-refractivity contribution in [2.24, 2.45) is 12.0 Å². The average Bonchev–Trinajstić information content (AvgIpc) is 3.25. The molecule has 1 saturated heterocycles. The predicted molar refractivity (Wildman–Crippen MR) is 134 cm³/mol. The largest absolute Gasteiger partial charge is 0.453 e. The van der Waals surface area contributed by atoms with Gasteiger partial charge in [-0.1, -0.05) is 6.07 Å². The third-order valence-corrected chi connectivity index (χ3v) is 5.07. The highest BCUT2D eigenvalue weighted by Crippen LogP contribution is 2.25. The van der Waals surface area contributed by atoms with E-state index in [1.54, 1.807) is 35.3 Å². The van der Waals surface area contributed by atoms with E-state index in [0.29, 0.717) is 25.4 Å². The van der Waals surface area contributed by atoms with Crippen LogP contribution >= 0.6 is 24.0 Å². The van der Waals surface area contributed by atoms with Crippen molar-refractivity contribution in [1.82, 2.24) is 25.0 Å². The Balaban J connectivity index is 0.00000306. The molecule has 1 aromatic carbocycles. The number of pyridine rings is 1. The van der Waals surface area contributed by atoms with E-state index in [0.717, 1.165) is 30.2 Å². The highest BCUT2D eigenvalue weighted by Gasteiger charge is 2.25. The van der Waals surface area contributed by atoms with Gasteiger partial charge in [-0.15, -0.1) is 24.0 Å². The number of aliphatic imine (C=N–C) groups is 1. The number of morpholine rings is 1. The van der Waals surface area contributed by atoms with Crippen LogP contribution in [0.1, 0.15) is 24.2 Å². The zero-order valence-corrected chi connectivity index (χ0v) is 21.0. The Bertz CT molecular complexity index is 1060. The Morgan fingerprint density at radius 2 is 2.21 bits per heavy atom. The van der Waals surface area contributed by atoms with Crippen LogP contribution in [0.15, 0.2) is 60.1 Å². The van der Waals surface area contributed by atoms with Crippen LogP contribution in [0.3, 0.4) is 0 Å². The van der Waals surface area contributed by atoms with Crippen LogP contribution in [0.5, 0.6) is 11.5 Å². The number of hydrogen-bond donors (Lipinski definition) is 1. The van der Waals surface area contributed by atoms with Crippen molar-refractivity contribution in [3.63, 3.8) is 0 Å². The molecule has 0 aliphatic carbocycles. The number of benzene rings is 1. The second-order valence-electron chi connectivity index (χ2n) is 7.48. The maximum Gasteiger partial charge on any atom is 0.194 e. The third-order valence-electron chi connectivity index (χ3n) is 5.07. The number of aromatic nitrogens is 3. The van der Waals surface area contributed by atoms with Crippen molar-refractivity contribution in [2.45, 2.75) is 19.6 Å². The molecule has 1 atom stereocenters. The lowest BCUT2D eigenvalue weighted by atomic mass is 10.1. The first-order chi connectivity index (χ1) is 15.6. The third kappa shape index (κ3) is 6.64. The number of rotatable bonds is 6. The summed E-state index contributed by atoms with van der Waals surface area (Å²) in [6.45, 7) is 5.11. The second-order valence-corrected chi connectivity index (χ2v) is 7.48. The first kappa shape index (κ1) is 24.9. The molecule has 1 aliphatic rings. The molecule has 10 heteroatoms. The van der Waals surface area contributed by atoms with E-state index >= 15 is 0 Å². The van der Waals surface area contributed by atoms with Gasteiger partial charge in [0.25, 0.3) is 0 Å². The van der Waals surface area contributed by atoms with Crippen LogP contribution in [0, 0.1) is 5.82 Å². The summed E-state index contributed by atoms with van der Waals surface area (Å²) in [4.78, 5) is 10.9. The summed E-state index contributed by atoms with van der Waals surface area (Å²) in [7, 11) is 1.89. The lowest BCUT2D eigenvalue weighted by Gasteiger charge is -2.34. The van der Waals surface area contributed by atoms with E-state index in [2.05, 4.69) is 20.3 Å². The molecule has 4 rings (SSSR count). The maximum absolute atomic E-state index is 14.6. The maximum atomic E-state index is 14.6. The highest BCUT2D eigenvalue weighted by atomic mass is 127. The summed E-state index contributed by atoms with van der Waals surface area (Å²) >= 11 is 0. The van der Waals surface area contributed by atoms with Crippen molar-refractivity contribution < 1.29 is 13.9 Å². The number of nitrogens with zero attached hydrogens (tertiary/aromatic N) is 5. The van der Waals surface area contributed by atoms with Crippen LogP contribution in [-0.4, -0.2) is 51.9 Å². The standard InChI is InChI=1S/C23H27FN6O2.HI/c1-3-26-23(30-9-10-31-22(16-30)18-13-28-29(2)15-18)27-12-17-6-7-21(20(24)11-17)32-19-5-4-8-25-14-19;/h4-8,11,13-15,22H,3,9-10,12,16H2,1-2H3,(H,26,27);1H. The van der Waals surface area contributed by atoms with Gasteiger partial charge in [-0.25, -0.2) is 9.38 Å². The number of aryl methyl sites for hydroxylation is 1. The van der Waals surface area contributed by atoms with Gasteiger partial charge in [-0.2, -0.15) is 5.10 Å². The smallest absolute Gasteiger partial charge is 0.194 e. The monoisotopic (exact) mass is 566 g/mol. The van der Waals surface area contributed by atoms with E-state index in [9.17, 15) is 4.39 Å². The van der Waals surface area contributed by atoms with Crippen molar-refractivity contribution in [3.8, 4) is 11.5 Å². The average molecular weight is 566 g/mol. The van der Waals surface area contributed by atoms with Crippen molar-refractivity contribution >= 4 is 29.9 Å². The first-order valence-corrected chi connectivity index (χ1v) is 10.6. The highest BCUT2D eigenvalue weighted by molar-refractivity contribution is 14.0. The molecule has 33 heavy (non-hydrogen) atoms. The molecule has 3 aromatic rings. The number of nitrogens with one attached hydrogen (secondary N) is 1. The van der Waals surface area contributed by atoms with Crippen LogP contribution in [0.25, 0.3) is 0 Å².